The van der Waals surface area contributed by atoms with Crippen LogP contribution in [0.5, 0.6) is 0 Å². The van der Waals surface area contributed by atoms with Crippen LogP contribution in [0.3, 0.4) is 0 Å². The Morgan fingerprint density at radius 1 is 0.897 bits per heavy atom. The predicted molar refractivity (Wildman–Crippen MR) is 155 cm³/mol. The van der Waals surface area contributed by atoms with Crippen LogP contribution in [-0.4, -0.2) is 35.3 Å². The molecule has 2 aliphatic heterocycles. The van der Waals surface area contributed by atoms with E-state index in [1.54, 1.807) is 10.8 Å². The SMILES string of the molecule is O=C(c1c(-c2ccccc2)c2cc(Br)ccc2c(=O)n1C(Cc1ccccc1)C1=COCO1)N1CCCCC1. The van der Waals surface area contributed by atoms with Crippen LogP contribution >= 0.6 is 15.9 Å². The van der Waals surface area contributed by atoms with Gasteiger partial charge in [0, 0.05) is 34.9 Å². The third-order valence-corrected chi connectivity index (χ3v) is 7.98. The van der Waals surface area contributed by atoms with Crippen molar-refractivity contribution >= 4 is 32.6 Å². The molecular formula is C32H29BrN2O4. The lowest BCUT2D eigenvalue weighted by Crippen LogP contribution is -2.41. The zero-order valence-corrected chi connectivity index (χ0v) is 23.1. The number of benzene rings is 3. The summed E-state index contributed by atoms with van der Waals surface area (Å²) in [6.45, 7) is 1.42. The number of halogens is 1. The number of amides is 1. The Hall–Kier alpha value is -3.84. The number of fused-ring (bicyclic) bond motifs is 1. The molecule has 0 saturated carbocycles. The number of hydrogen-bond donors (Lipinski definition) is 0. The number of carbonyl (C=O) groups is 1. The number of allylic oxidation sites excluding steroid dienone is 1. The quantitative estimate of drug-likeness (QED) is 0.253. The van der Waals surface area contributed by atoms with Crippen LogP contribution in [0.15, 0.2) is 100 Å². The van der Waals surface area contributed by atoms with Crippen LogP contribution in [0.1, 0.15) is 41.4 Å². The van der Waals surface area contributed by atoms with Crippen LogP contribution in [0.2, 0.25) is 0 Å². The molecule has 0 bridgehead atoms. The van der Waals surface area contributed by atoms with Crippen molar-refractivity contribution in [2.45, 2.75) is 31.7 Å². The number of ether oxygens (including phenoxy) is 2. The second-order valence-electron chi connectivity index (χ2n) is 9.96. The molecule has 1 saturated heterocycles. The van der Waals surface area contributed by atoms with Crippen molar-refractivity contribution in [1.29, 1.82) is 0 Å². The minimum Gasteiger partial charge on any atom is -0.462 e. The summed E-state index contributed by atoms with van der Waals surface area (Å²) in [5.41, 5.74) is 2.82. The first-order valence-corrected chi connectivity index (χ1v) is 14.1. The van der Waals surface area contributed by atoms with E-state index < -0.39 is 6.04 Å². The number of pyridine rings is 1. The minimum absolute atomic E-state index is 0.0802. The van der Waals surface area contributed by atoms with Crippen LogP contribution in [0, 0.1) is 0 Å². The third-order valence-electron chi connectivity index (χ3n) is 7.49. The van der Waals surface area contributed by atoms with Gasteiger partial charge in [-0.1, -0.05) is 76.6 Å². The second kappa shape index (κ2) is 11.1. The minimum atomic E-state index is -0.568. The molecule has 1 unspecified atom stereocenters. The topological polar surface area (TPSA) is 60.8 Å². The summed E-state index contributed by atoms with van der Waals surface area (Å²) in [7, 11) is 0. The van der Waals surface area contributed by atoms with Gasteiger partial charge in [0.05, 0.1) is 0 Å². The van der Waals surface area contributed by atoms with Crippen LogP contribution in [-0.2, 0) is 15.9 Å². The number of nitrogens with zero attached hydrogens (tertiary/aromatic N) is 2. The van der Waals surface area contributed by atoms with Gasteiger partial charge in [-0.25, -0.2) is 0 Å². The largest absolute Gasteiger partial charge is 0.462 e. The van der Waals surface area contributed by atoms with E-state index in [0.29, 0.717) is 36.3 Å². The summed E-state index contributed by atoms with van der Waals surface area (Å²) >= 11 is 3.60. The molecule has 1 amide bonds. The standard InChI is InChI=1S/C32H29BrN2O4/c33-24-14-15-25-26(19-24)29(23-12-6-2-7-13-23)30(32(37)34-16-8-3-9-17-34)35(31(25)36)27(28-20-38-21-39-28)18-22-10-4-1-5-11-22/h1-2,4-7,10-15,19-20,27H,3,8-9,16-18,21H2. The molecule has 3 aromatic carbocycles. The van der Waals surface area contributed by atoms with Crippen molar-refractivity contribution in [2.75, 3.05) is 19.9 Å². The summed E-state index contributed by atoms with van der Waals surface area (Å²) in [5.74, 6) is 0.397. The molecule has 7 heteroatoms. The predicted octanol–water partition coefficient (Wildman–Crippen LogP) is 6.69. The van der Waals surface area contributed by atoms with Crippen molar-refractivity contribution in [3.8, 4) is 11.1 Å². The zero-order valence-electron chi connectivity index (χ0n) is 21.5. The Balaban J connectivity index is 1.69. The maximum Gasteiger partial charge on any atom is 0.271 e. The van der Waals surface area contributed by atoms with Gasteiger partial charge in [-0.2, -0.15) is 0 Å². The van der Waals surface area contributed by atoms with Crippen LogP contribution in [0.4, 0.5) is 0 Å². The number of likely N-dealkylation sites (tertiary alicyclic amines) is 1. The lowest BCUT2D eigenvalue weighted by atomic mass is 9.94. The molecule has 1 fully saturated rings. The van der Waals surface area contributed by atoms with Gasteiger partial charge in [0.2, 0.25) is 6.79 Å². The van der Waals surface area contributed by atoms with E-state index in [2.05, 4.69) is 15.9 Å². The molecule has 6 nitrogen and oxygen atoms in total. The summed E-state index contributed by atoms with van der Waals surface area (Å²) in [6, 6.07) is 24.9. The molecule has 1 aromatic heterocycles. The fraction of sp³-hybridized carbons (Fsp3) is 0.250. The van der Waals surface area contributed by atoms with Gasteiger partial charge >= 0.3 is 0 Å². The third kappa shape index (κ3) is 4.99. The lowest BCUT2D eigenvalue weighted by Gasteiger charge is -2.31. The monoisotopic (exact) mass is 584 g/mol. The number of hydrogen-bond acceptors (Lipinski definition) is 4. The van der Waals surface area contributed by atoms with Gasteiger partial charge in [0.25, 0.3) is 11.5 Å². The fourth-order valence-electron chi connectivity index (χ4n) is 5.62. The van der Waals surface area contributed by atoms with Crippen LogP contribution < -0.4 is 5.56 Å². The first-order valence-electron chi connectivity index (χ1n) is 13.3. The molecule has 0 aliphatic carbocycles. The molecule has 3 heterocycles. The van der Waals surface area contributed by atoms with Crippen molar-refractivity contribution in [3.05, 3.63) is 117 Å². The Kier molecular flexibility index (Phi) is 7.24. The Bertz CT molecular complexity index is 1590. The highest BCUT2D eigenvalue weighted by Gasteiger charge is 2.33. The maximum atomic E-state index is 14.5. The van der Waals surface area contributed by atoms with Crippen molar-refractivity contribution in [2.24, 2.45) is 0 Å². The van der Waals surface area contributed by atoms with E-state index in [1.165, 1.54) is 0 Å². The van der Waals surface area contributed by atoms with Gasteiger partial charge in [-0.05, 0) is 54.0 Å². The van der Waals surface area contributed by atoms with E-state index in [0.717, 1.165) is 45.8 Å². The fourth-order valence-corrected chi connectivity index (χ4v) is 5.98. The summed E-state index contributed by atoms with van der Waals surface area (Å²) in [6.07, 6.45) is 5.04. The highest BCUT2D eigenvalue weighted by atomic mass is 79.9. The molecule has 6 rings (SSSR count). The molecular weight excluding hydrogens is 556 g/mol. The summed E-state index contributed by atoms with van der Waals surface area (Å²) in [4.78, 5) is 30.9. The highest BCUT2D eigenvalue weighted by molar-refractivity contribution is 9.10. The van der Waals surface area contributed by atoms with Gasteiger partial charge < -0.3 is 14.4 Å². The second-order valence-corrected chi connectivity index (χ2v) is 10.9. The van der Waals surface area contributed by atoms with Crippen LogP contribution in [0.25, 0.3) is 21.9 Å². The van der Waals surface area contributed by atoms with Crippen molar-refractivity contribution in [3.63, 3.8) is 0 Å². The first kappa shape index (κ1) is 25.4. The smallest absolute Gasteiger partial charge is 0.271 e. The molecule has 198 valence electrons. The molecule has 2 aliphatic rings. The van der Waals surface area contributed by atoms with E-state index >= 15 is 0 Å². The van der Waals surface area contributed by atoms with E-state index in [9.17, 15) is 9.59 Å². The maximum absolute atomic E-state index is 14.5. The van der Waals surface area contributed by atoms with Gasteiger partial charge in [0.15, 0.2) is 5.76 Å². The van der Waals surface area contributed by atoms with Crippen molar-refractivity contribution in [1.82, 2.24) is 9.47 Å². The molecule has 0 spiro atoms. The first-order chi connectivity index (χ1) is 19.1. The number of rotatable bonds is 6. The van der Waals surface area contributed by atoms with E-state index in [-0.39, 0.29) is 18.3 Å². The molecule has 39 heavy (non-hydrogen) atoms. The molecule has 0 radical (unpaired) electrons. The molecule has 4 aromatic rings. The molecule has 0 N–H and O–H groups in total. The summed E-state index contributed by atoms with van der Waals surface area (Å²) < 4.78 is 13.9. The van der Waals surface area contributed by atoms with E-state index in [4.69, 9.17) is 9.47 Å². The Morgan fingerprint density at radius 3 is 2.31 bits per heavy atom. The highest BCUT2D eigenvalue weighted by Crippen LogP contribution is 2.37. The van der Waals surface area contributed by atoms with Gasteiger partial charge in [0.1, 0.15) is 18.0 Å². The van der Waals surface area contributed by atoms with Gasteiger partial charge in [-0.3, -0.25) is 14.2 Å². The zero-order chi connectivity index (χ0) is 26.8. The average molecular weight is 585 g/mol. The molecule has 1 atom stereocenters. The number of aromatic nitrogens is 1. The average Bonchev–Trinajstić information content (AvgIpc) is 3.52. The Morgan fingerprint density at radius 2 is 1.62 bits per heavy atom. The lowest BCUT2D eigenvalue weighted by molar-refractivity contribution is 0.0673. The number of piperidine rings is 1. The van der Waals surface area contributed by atoms with Crippen molar-refractivity contribution < 1.29 is 14.3 Å². The summed E-state index contributed by atoms with van der Waals surface area (Å²) in [5, 5.41) is 1.29. The Labute approximate surface area is 235 Å². The number of carbonyl (C=O) groups excluding carboxylic acids is 1. The van der Waals surface area contributed by atoms with Gasteiger partial charge in [-0.15, -0.1) is 0 Å². The normalized spacial score (nSPS) is 15.9. The van der Waals surface area contributed by atoms with E-state index in [1.807, 2.05) is 83.8 Å².